The summed E-state index contributed by atoms with van der Waals surface area (Å²) in [6.07, 6.45) is -1.20. The zero-order valence-corrected chi connectivity index (χ0v) is 4.74. The molecule has 0 heterocycles. The van der Waals surface area contributed by atoms with Crippen molar-refractivity contribution in [2.24, 2.45) is 0 Å². The Balaban J connectivity index is 2.75. The van der Waals surface area contributed by atoms with Gasteiger partial charge in [-0.2, -0.15) is 0 Å². The van der Waals surface area contributed by atoms with Crippen LogP contribution >= 0.6 is 15.9 Å². The van der Waals surface area contributed by atoms with Crippen molar-refractivity contribution in [1.29, 1.82) is 0 Å². The second-order valence-electron chi connectivity index (χ2n) is 0.918. The maximum atomic E-state index is 11.5. The molecule has 0 saturated heterocycles. The fraction of sp³-hybridized carbons (Fsp3) is 1.00. The topological polar surface area (TPSA) is 19.9 Å². The monoisotopic (exact) mass is 155 g/mol. The van der Waals surface area contributed by atoms with Gasteiger partial charge in [-0.15, -0.1) is 0 Å². The van der Waals surface area contributed by atoms with Gasteiger partial charge < -0.3 is 0 Å². The molecule has 0 aromatic carbocycles. The number of rotatable bonds is 2. The first-order valence-electron chi connectivity index (χ1n) is 1.59. The molecule has 0 aliphatic rings. The SMILES string of the molecule is [O]CC(F)CBr. The lowest BCUT2D eigenvalue weighted by atomic mass is 10.5. The highest BCUT2D eigenvalue weighted by molar-refractivity contribution is 9.09. The second kappa shape index (κ2) is 3.56. The lowest BCUT2D eigenvalue weighted by molar-refractivity contribution is 0.127. The average molecular weight is 156 g/mol. The van der Waals surface area contributed by atoms with E-state index in [0.717, 1.165) is 0 Å². The van der Waals surface area contributed by atoms with E-state index in [1.165, 1.54) is 0 Å². The van der Waals surface area contributed by atoms with Gasteiger partial charge in [-0.1, -0.05) is 15.9 Å². The van der Waals surface area contributed by atoms with Crippen molar-refractivity contribution in [1.82, 2.24) is 0 Å². The molecule has 0 bridgehead atoms. The van der Waals surface area contributed by atoms with Gasteiger partial charge in [0.2, 0.25) is 0 Å². The van der Waals surface area contributed by atoms with E-state index in [-0.39, 0.29) is 5.33 Å². The van der Waals surface area contributed by atoms with Crippen LogP contribution in [0.5, 0.6) is 0 Å². The quantitative estimate of drug-likeness (QED) is 0.534. The van der Waals surface area contributed by atoms with Crippen LogP contribution in [0.4, 0.5) is 4.39 Å². The molecule has 0 saturated carbocycles. The molecule has 0 rings (SSSR count). The standard InChI is InChI=1S/C3H5BrFO/c4-1-3(5)2-6/h3H,1-2H2. The van der Waals surface area contributed by atoms with Gasteiger partial charge in [0.05, 0.1) is 0 Å². The molecule has 0 fully saturated rings. The van der Waals surface area contributed by atoms with Gasteiger partial charge in [0, 0.05) is 5.33 Å². The summed E-state index contributed by atoms with van der Waals surface area (Å²) in [5.74, 6) is 0. The highest BCUT2D eigenvalue weighted by Gasteiger charge is 1.98. The molecule has 0 amide bonds. The highest BCUT2D eigenvalue weighted by Crippen LogP contribution is 1.92. The zero-order valence-electron chi connectivity index (χ0n) is 3.16. The normalized spacial score (nSPS) is 14.5. The van der Waals surface area contributed by atoms with Gasteiger partial charge >= 0.3 is 0 Å². The van der Waals surface area contributed by atoms with Gasteiger partial charge in [-0.25, -0.2) is 9.50 Å². The largest absolute Gasteiger partial charge is 0.244 e. The molecule has 1 unspecified atom stereocenters. The van der Waals surface area contributed by atoms with E-state index in [4.69, 9.17) is 0 Å². The summed E-state index contributed by atoms with van der Waals surface area (Å²) in [5, 5.41) is 9.62. The first-order valence-corrected chi connectivity index (χ1v) is 2.71. The van der Waals surface area contributed by atoms with Crippen molar-refractivity contribution >= 4 is 15.9 Å². The Morgan fingerprint density at radius 1 is 1.83 bits per heavy atom. The van der Waals surface area contributed by atoms with Gasteiger partial charge in [0.25, 0.3) is 0 Å². The van der Waals surface area contributed by atoms with E-state index in [1.54, 1.807) is 0 Å². The Labute approximate surface area is 44.3 Å². The van der Waals surface area contributed by atoms with E-state index in [0.29, 0.717) is 0 Å². The molecule has 0 aromatic rings. The van der Waals surface area contributed by atoms with E-state index in [1.807, 2.05) is 0 Å². The molecule has 0 aliphatic carbocycles. The van der Waals surface area contributed by atoms with Crippen molar-refractivity contribution in [3.63, 3.8) is 0 Å². The van der Waals surface area contributed by atoms with Crippen molar-refractivity contribution in [3.05, 3.63) is 0 Å². The zero-order chi connectivity index (χ0) is 4.99. The maximum absolute atomic E-state index is 11.5. The molecule has 1 nitrogen and oxygen atoms in total. The lowest BCUT2D eigenvalue weighted by Crippen LogP contribution is -2.04. The van der Waals surface area contributed by atoms with E-state index >= 15 is 0 Å². The molecular formula is C3H5BrFO. The van der Waals surface area contributed by atoms with Gasteiger partial charge in [-0.05, 0) is 0 Å². The van der Waals surface area contributed by atoms with E-state index < -0.39 is 12.8 Å². The van der Waals surface area contributed by atoms with Gasteiger partial charge in [0.1, 0.15) is 12.8 Å². The molecule has 1 radical (unpaired) electrons. The lowest BCUT2D eigenvalue weighted by Gasteiger charge is -1.90. The van der Waals surface area contributed by atoms with Gasteiger partial charge in [0.15, 0.2) is 0 Å². The Kier molecular flexibility index (Phi) is 3.78. The summed E-state index contributed by atoms with van der Waals surface area (Å²) < 4.78 is 11.5. The molecular weight excluding hydrogens is 151 g/mol. The molecule has 0 spiro atoms. The van der Waals surface area contributed by atoms with Crippen molar-refractivity contribution in [2.45, 2.75) is 6.17 Å². The Bertz CT molecular complexity index is 30.0. The van der Waals surface area contributed by atoms with Crippen LogP contribution in [-0.4, -0.2) is 18.1 Å². The summed E-state index contributed by atoms with van der Waals surface area (Å²) >= 11 is 2.80. The first kappa shape index (κ1) is 6.37. The summed E-state index contributed by atoms with van der Waals surface area (Å²) in [5.41, 5.74) is 0. The summed E-state index contributed by atoms with van der Waals surface area (Å²) in [6.45, 7) is -0.634. The fourth-order valence-corrected chi connectivity index (χ4v) is 0.231. The highest BCUT2D eigenvalue weighted by atomic mass is 79.9. The molecule has 6 heavy (non-hydrogen) atoms. The van der Waals surface area contributed by atoms with Crippen molar-refractivity contribution in [3.8, 4) is 0 Å². The third kappa shape index (κ3) is 2.60. The minimum Gasteiger partial charge on any atom is -0.244 e. The molecule has 0 aromatic heterocycles. The molecule has 1 atom stereocenters. The van der Waals surface area contributed by atoms with Crippen molar-refractivity contribution in [2.75, 3.05) is 11.9 Å². The van der Waals surface area contributed by atoms with Crippen molar-refractivity contribution < 1.29 is 9.50 Å². The minimum absolute atomic E-state index is 0.163. The second-order valence-corrected chi connectivity index (χ2v) is 1.57. The van der Waals surface area contributed by atoms with Crippen LogP contribution in [0.15, 0.2) is 0 Å². The number of halogens is 2. The molecule has 3 heteroatoms. The number of hydrogen-bond acceptors (Lipinski definition) is 0. The Morgan fingerprint density at radius 3 is 2.33 bits per heavy atom. The summed E-state index contributed by atoms with van der Waals surface area (Å²) in [7, 11) is 0. The van der Waals surface area contributed by atoms with Crippen LogP contribution in [0.1, 0.15) is 0 Å². The minimum atomic E-state index is -1.20. The predicted octanol–water partition coefficient (Wildman–Crippen LogP) is 1.15. The average Bonchev–Trinajstić information content (AvgIpc) is 1.65. The third-order valence-corrected chi connectivity index (χ3v) is 1.05. The first-order chi connectivity index (χ1) is 2.81. The summed E-state index contributed by atoms with van der Waals surface area (Å²) in [6, 6.07) is 0. The Morgan fingerprint density at radius 2 is 2.33 bits per heavy atom. The molecule has 0 N–H and O–H groups in total. The van der Waals surface area contributed by atoms with Crippen LogP contribution in [0.2, 0.25) is 0 Å². The summed E-state index contributed by atoms with van der Waals surface area (Å²) in [4.78, 5) is 0. The molecule has 37 valence electrons. The smallest absolute Gasteiger partial charge is 0.136 e. The number of alkyl halides is 2. The van der Waals surface area contributed by atoms with Crippen LogP contribution in [0.3, 0.4) is 0 Å². The van der Waals surface area contributed by atoms with Crippen LogP contribution in [0, 0.1) is 0 Å². The van der Waals surface area contributed by atoms with Crippen LogP contribution in [0.25, 0.3) is 0 Å². The van der Waals surface area contributed by atoms with E-state index in [9.17, 15) is 9.50 Å². The maximum Gasteiger partial charge on any atom is 0.136 e. The number of hydrogen-bond donors (Lipinski definition) is 0. The fourth-order valence-electron chi connectivity index (χ4n) is 0.0445. The van der Waals surface area contributed by atoms with Crippen LogP contribution in [-0.2, 0) is 5.11 Å². The Hall–Kier alpha value is 0.370. The molecule has 0 aliphatic heterocycles. The van der Waals surface area contributed by atoms with Gasteiger partial charge in [-0.3, -0.25) is 0 Å². The predicted molar refractivity (Wildman–Crippen MR) is 24.2 cm³/mol. The van der Waals surface area contributed by atoms with Crippen LogP contribution < -0.4 is 0 Å². The van der Waals surface area contributed by atoms with E-state index in [2.05, 4.69) is 15.9 Å². The third-order valence-electron chi connectivity index (χ3n) is 0.348.